The first-order valence-corrected chi connectivity index (χ1v) is 3.90. The molecule has 0 spiro atoms. The lowest BCUT2D eigenvalue weighted by Crippen LogP contribution is -2.38. The van der Waals surface area contributed by atoms with Gasteiger partial charge < -0.3 is 15.2 Å². The Morgan fingerprint density at radius 1 is 1.57 bits per heavy atom. The summed E-state index contributed by atoms with van der Waals surface area (Å²) in [7, 11) is 0. The van der Waals surface area contributed by atoms with Crippen molar-refractivity contribution < 1.29 is 27.8 Å². The van der Waals surface area contributed by atoms with E-state index < -0.39 is 31.3 Å². The molecule has 0 aromatic heterocycles. The van der Waals surface area contributed by atoms with Crippen LogP contribution in [0, 0.1) is 0 Å². The minimum absolute atomic E-state index is 0.273. The number of aliphatic hydroxyl groups excluding tert-OH is 1. The molecule has 1 atom stereocenters. The molecule has 0 aliphatic heterocycles. The second-order valence-corrected chi connectivity index (χ2v) is 2.76. The molecule has 0 heterocycles. The maximum Gasteiger partial charge on any atom is 0.411 e. The molecular weight excluding hydrogens is 203 g/mol. The van der Waals surface area contributed by atoms with E-state index in [9.17, 15) is 18.0 Å². The molecule has 0 saturated carbocycles. The molecule has 7 heteroatoms. The Labute approximate surface area is 79.0 Å². The highest BCUT2D eigenvalue weighted by atomic mass is 19.4. The number of ether oxygens (including phenoxy) is 1. The summed E-state index contributed by atoms with van der Waals surface area (Å²) in [5.74, 6) is -0.684. The van der Waals surface area contributed by atoms with Crippen LogP contribution in [-0.2, 0) is 9.53 Å². The third-order valence-electron chi connectivity index (χ3n) is 1.18. The van der Waals surface area contributed by atoms with Crippen molar-refractivity contribution in [2.75, 3.05) is 19.8 Å². The first-order valence-electron chi connectivity index (χ1n) is 3.90. The fourth-order valence-corrected chi connectivity index (χ4v) is 0.622. The topological polar surface area (TPSA) is 58.6 Å². The van der Waals surface area contributed by atoms with Gasteiger partial charge in [0.2, 0.25) is 5.91 Å². The fraction of sp³-hybridized carbons (Fsp3) is 0.857. The number of aliphatic hydroxyl groups is 1. The van der Waals surface area contributed by atoms with Crippen LogP contribution in [0.3, 0.4) is 0 Å². The van der Waals surface area contributed by atoms with Crippen LogP contribution >= 0.6 is 0 Å². The average molecular weight is 215 g/mol. The third-order valence-corrected chi connectivity index (χ3v) is 1.18. The molecule has 1 amide bonds. The molecule has 84 valence electrons. The number of hydrogen-bond acceptors (Lipinski definition) is 3. The number of rotatable bonds is 5. The van der Waals surface area contributed by atoms with E-state index in [1.165, 1.54) is 6.92 Å². The van der Waals surface area contributed by atoms with E-state index in [-0.39, 0.29) is 6.61 Å². The molecule has 0 rings (SSSR count). The summed E-state index contributed by atoms with van der Waals surface area (Å²) in [6, 6.07) is -0.489. The zero-order chi connectivity index (χ0) is 11.2. The Balaban J connectivity index is 3.55. The highest BCUT2D eigenvalue weighted by Gasteiger charge is 2.27. The van der Waals surface area contributed by atoms with E-state index in [4.69, 9.17) is 5.11 Å². The molecule has 0 unspecified atom stereocenters. The zero-order valence-electron chi connectivity index (χ0n) is 7.60. The summed E-state index contributed by atoms with van der Waals surface area (Å²) in [5.41, 5.74) is 0. The van der Waals surface area contributed by atoms with Gasteiger partial charge in [-0.3, -0.25) is 4.79 Å². The summed E-state index contributed by atoms with van der Waals surface area (Å²) in [6.07, 6.45) is -4.43. The lowest BCUT2D eigenvalue weighted by molar-refractivity contribution is -0.175. The van der Waals surface area contributed by atoms with Gasteiger partial charge in [0, 0.05) is 6.04 Å². The average Bonchev–Trinajstić information content (AvgIpc) is 2.01. The molecule has 0 saturated heterocycles. The molecule has 0 aliphatic rings. The largest absolute Gasteiger partial charge is 0.411 e. The summed E-state index contributed by atoms with van der Waals surface area (Å²) in [5, 5.41) is 10.7. The summed E-state index contributed by atoms with van der Waals surface area (Å²) in [6.45, 7) is -0.871. The van der Waals surface area contributed by atoms with Crippen LogP contribution in [0.15, 0.2) is 0 Å². The van der Waals surface area contributed by atoms with Crippen LogP contribution in [0.2, 0.25) is 0 Å². The van der Waals surface area contributed by atoms with Gasteiger partial charge in [-0.15, -0.1) is 0 Å². The Hall–Kier alpha value is -0.820. The Morgan fingerprint density at radius 2 is 2.14 bits per heavy atom. The molecule has 0 radical (unpaired) electrons. The van der Waals surface area contributed by atoms with Crippen molar-refractivity contribution in [2.24, 2.45) is 0 Å². The van der Waals surface area contributed by atoms with E-state index in [1.807, 2.05) is 0 Å². The molecule has 0 aromatic rings. The molecule has 2 N–H and O–H groups in total. The minimum Gasteiger partial charge on any atom is -0.394 e. The maximum atomic E-state index is 11.5. The van der Waals surface area contributed by atoms with Gasteiger partial charge in [0.05, 0.1) is 6.61 Å². The van der Waals surface area contributed by atoms with Crippen LogP contribution in [0.25, 0.3) is 0 Å². The monoisotopic (exact) mass is 215 g/mol. The highest BCUT2D eigenvalue weighted by molar-refractivity contribution is 5.77. The smallest absolute Gasteiger partial charge is 0.394 e. The van der Waals surface area contributed by atoms with Gasteiger partial charge in [0.1, 0.15) is 13.2 Å². The van der Waals surface area contributed by atoms with Gasteiger partial charge in [-0.05, 0) is 6.92 Å². The Morgan fingerprint density at radius 3 is 2.57 bits per heavy atom. The molecule has 14 heavy (non-hydrogen) atoms. The van der Waals surface area contributed by atoms with E-state index in [0.717, 1.165) is 0 Å². The molecule has 0 bridgehead atoms. The Bertz CT molecular complexity index is 184. The van der Waals surface area contributed by atoms with Crippen LogP contribution in [0.4, 0.5) is 13.2 Å². The van der Waals surface area contributed by atoms with Crippen LogP contribution in [0.1, 0.15) is 6.92 Å². The first kappa shape index (κ1) is 13.2. The number of alkyl halides is 3. The van der Waals surface area contributed by atoms with E-state index in [0.29, 0.717) is 0 Å². The first-order chi connectivity index (χ1) is 6.35. The van der Waals surface area contributed by atoms with Gasteiger partial charge in [-0.2, -0.15) is 13.2 Å². The van der Waals surface area contributed by atoms with Crippen LogP contribution in [0.5, 0.6) is 0 Å². The van der Waals surface area contributed by atoms with E-state index in [1.54, 1.807) is 0 Å². The number of halogens is 3. The standard InChI is InChI=1S/C7H12F3NO3/c1-5(2-12)11-6(13)3-14-4-7(8,9)10/h5,12H,2-4H2,1H3,(H,11,13)/t5-/m0/s1. The van der Waals surface area contributed by atoms with Crippen molar-refractivity contribution in [1.82, 2.24) is 5.32 Å². The van der Waals surface area contributed by atoms with Gasteiger partial charge in [-0.25, -0.2) is 0 Å². The fourth-order valence-electron chi connectivity index (χ4n) is 0.622. The third kappa shape index (κ3) is 7.81. The predicted octanol–water partition coefficient (Wildman–Crippen LogP) is 0.0623. The lowest BCUT2D eigenvalue weighted by atomic mass is 10.3. The SMILES string of the molecule is C[C@@H](CO)NC(=O)COCC(F)(F)F. The second kappa shape index (κ2) is 5.82. The van der Waals surface area contributed by atoms with Crippen molar-refractivity contribution in [3.05, 3.63) is 0 Å². The molecular formula is C7H12F3NO3. The number of nitrogens with one attached hydrogen (secondary N) is 1. The summed E-state index contributed by atoms with van der Waals surface area (Å²) in [4.78, 5) is 10.8. The van der Waals surface area contributed by atoms with Gasteiger partial charge in [0.15, 0.2) is 0 Å². The predicted molar refractivity (Wildman–Crippen MR) is 41.6 cm³/mol. The second-order valence-electron chi connectivity index (χ2n) is 2.76. The van der Waals surface area contributed by atoms with Crippen molar-refractivity contribution in [1.29, 1.82) is 0 Å². The summed E-state index contributed by atoms with van der Waals surface area (Å²) < 4.78 is 38.7. The quantitative estimate of drug-likeness (QED) is 0.682. The maximum absolute atomic E-state index is 11.5. The molecule has 0 aromatic carbocycles. The van der Waals surface area contributed by atoms with Gasteiger partial charge >= 0.3 is 6.18 Å². The van der Waals surface area contributed by atoms with Crippen molar-refractivity contribution in [3.63, 3.8) is 0 Å². The normalized spacial score (nSPS) is 13.8. The highest BCUT2D eigenvalue weighted by Crippen LogP contribution is 2.13. The van der Waals surface area contributed by atoms with Crippen LogP contribution < -0.4 is 5.32 Å². The minimum atomic E-state index is -4.43. The van der Waals surface area contributed by atoms with Crippen LogP contribution in [-0.4, -0.2) is 43.1 Å². The van der Waals surface area contributed by atoms with Gasteiger partial charge in [0.25, 0.3) is 0 Å². The molecule has 0 fully saturated rings. The number of carbonyl (C=O) groups excluding carboxylic acids is 1. The van der Waals surface area contributed by atoms with Crippen molar-refractivity contribution in [2.45, 2.75) is 19.1 Å². The van der Waals surface area contributed by atoms with E-state index >= 15 is 0 Å². The number of amides is 1. The Kier molecular flexibility index (Phi) is 5.47. The lowest BCUT2D eigenvalue weighted by Gasteiger charge is -2.11. The molecule has 0 aliphatic carbocycles. The number of hydrogen-bond donors (Lipinski definition) is 2. The number of carbonyl (C=O) groups is 1. The molecule has 4 nitrogen and oxygen atoms in total. The summed E-state index contributed by atoms with van der Waals surface area (Å²) >= 11 is 0. The van der Waals surface area contributed by atoms with Gasteiger partial charge in [-0.1, -0.05) is 0 Å². The van der Waals surface area contributed by atoms with E-state index in [2.05, 4.69) is 10.1 Å². The van der Waals surface area contributed by atoms with Crippen molar-refractivity contribution in [3.8, 4) is 0 Å². The van der Waals surface area contributed by atoms with Crippen molar-refractivity contribution >= 4 is 5.91 Å². The zero-order valence-corrected chi connectivity index (χ0v) is 7.60.